The van der Waals surface area contributed by atoms with Gasteiger partial charge in [-0.3, -0.25) is 9.69 Å². The van der Waals surface area contributed by atoms with Crippen molar-refractivity contribution < 1.29 is 9.18 Å². The molecule has 0 radical (unpaired) electrons. The summed E-state index contributed by atoms with van der Waals surface area (Å²) in [5.74, 6) is -0.122. The lowest BCUT2D eigenvalue weighted by Crippen LogP contribution is -2.47. The Bertz CT molecular complexity index is 664. The van der Waals surface area contributed by atoms with Crippen molar-refractivity contribution in [1.29, 1.82) is 0 Å². The fraction of sp³-hybridized carbons (Fsp3) is 0.450. The van der Waals surface area contributed by atoms with Crippen LogP contribution in [0.2, 0.25) is 0 Å². The van der Waals surface area contributed by atoms with Gasteiger partial charge in [0.2, 0.25) is 5.91 Å². The van der Waals surface area contributed by atoms with Gasteiger partial charge in [-0.1, -0.05) is 13.0 Å². The molecule has 0 saturated carbocycles. The van der Waals surface area contributed by atoms with E-state index in [0.717, 1.165) is 44.6 Å². The number of hydrogen-bond acceptors (Lipinski definition) is 3. The number of amides is 1. The van der Waals surface area contributed by atoms with E-state index in [-0.39, 0.29) is 17.8 Å². The molecule has 1 aliphatic heterocycles. The Hall–Kier alpha value is -1.72. The number of halogens is 1. The largest absolute Gasteiger partial charge is 0.309 e. The Morgan fingerprint density at radius 2 is 1.96 bits per heavy atom. The van der Waals surface area contributed by atoms with Crippen LogP contribution in [0.3, 0.4) is 0 Å². The molecular weight excluding hydrogens is 335 g/mol. The Balaban J connectivity index is 1.67. The SMILES string of the molecule is CCCC(=O)N(c1ccc(F)cc1)C1CCN(Cc2cccs2)CC1. The minimum absolute atomic E-state index is 0.144. The van der Waals surface area contributed by atoms with Gasteiger partial charge in [0.25, 0.3) is 0 Å². The maximum absolute atomic E-state index is 13.3. The minimum Gasteiger partial charge on any atom is -0.309 e. The number of hydrogen-bond donors (Lipinski definition) is 0. The third-order valence-corrected chi connectivity index (χ3v) is 5.58. The lowest BCUT2D eigenvalue weighted by molar-refractivity contribution is -0.119. The average Bonchev–Trinajstić information content (AvgIpc) is 3.12. The van der Waals surface area contributed by atoms with Gasteiger partial charge in [-0.15, -0.1) is 11.3 Å². The summed E-state index contributed by atoms with van der Waals surface area (Å²) in [5, 5.41) is 2.11. The number of carbonyl (C=O) groups excluding carboxylic acids is 1. The van der Waals surface area contributed by atoms with Crippen LogP contribution in [-0.4, -0.2) is 29.9 Å². The highest BCUT2D eigenvalue weighted by Crippen LogP contribution is 2.26. The molecule has 0 spiro atoms. The van der Waals surface area contributed by atoms with Gasteiger partial charge in [0.05, 0.1) is 0 Å². The molecule has 0 aliphatic carbocycles. The first-order chi connectivity index (χ1) is 12.2. The van der Waals surface area contributed by atoms with Gasteiger partial charge in [-0.25, -0.2) is 4.39 Å². The molecule has 134 valence electrons. The maximum atomic E-state index is 13.3. The first-order valence-electron chi connectivity index (χ1n) is 8.99. The fourth-order valence-electron chi connectivity index (χ4n) is 3.45. The highest BCUT2D eigenvalue weighted by atomic mass is 32.1. The molecule has 5 heteroatoms. The molecule has 1 amide bonds. The third-order valence-electron chi connectivity index (χ3n) is 4.72. The Labute approximate surface area is 153 Å². The molecule has 1 fully saturated rings. The molecule has 3 rings (SSSR count). The molecule has 1 aliphatic rings. The summed E-state index contributed by atoms with van der Waals surface area (Å²) in [7, 11) is 0. The van der Waals surface area contributed by atoms with Crippen LogP contribution in [0.15, 0.2) is 41.8 Å². The third kappa shape index (κ3) is 4.67. The monoisotopic (exact) mass is 360 g/mol. The summed E-state index contributed by atoms with van der Waals surface area (Å²) < 4.78 is 13.3. The van der Waals surface area contributed by atoms with Gasteiger partial charge < -0.3 is 4.90 Å². The highest BCUT2D eigenvalue weighted by Gasteiger charge is 2.28. The van der Waals surface area contributed by atoms with Crippen LogP contribution in [-0.2, 0) is 11.3 Å². The standard InChI is InChI=1S/C20H25FN2OS/c1-2-4-20(24)23(17-8-6-16(21)7-9-17)18-10-12-22(13-11-18)15-19-5-3-14-25-19/h3,5-9,14,18H,2,4,10-13,15H2,1H3. The smallest absolute Gasteiger partial charge is 0.227 e. The van der Waals surface area contributed by atoms with Crippen LogP contribution in [0.4, 0.5) is 10.1 Å². The number of rotatable bonds is 6. The van der Waals surface area contributed by atoms with Crippen molar-refractivity contribution in [1.82, 2.24) is 4.90 Å². The zero-order valence-electron chi connectivity index (χ0n) is 14.7. The number of benzene rings is 1. The highest BCUT2D eigenvalue weighted by molar-refractivity contribution is 7.09. The van der Waals surface area contributed by atoms with Crippen molar-refractivity contribution in [2.24, 2.45) is 0 Å². The summed E-state index contributed by atoms with van der Waals surface area (Å²) >= 11 is 1.79. The number of carbonyl (C=O) groups is 1. The summed E-state index contributed by atoms with van der Waals surface area (Å²) in [5.41, 5.74) is 0.816. The second kappa shape index (κ2) is 8.59. The molecule has 25 heavy (non-hydrogen) atoms. The van der Waals surface area contributed by atoms with Crippen LogP contribution in [0.25, 0.3) is 0 Å². The molecular formula is C20H25FN2OS. The van der Waals surface area contributed by atoms with E-state index < -0.39 is 0 Å². The first kappa shape index (κ1) is 18.1. The quantitative estimate of drug-likeness (QED) is 0.746. The first-order valence-corrected chi connectivity index (χ1v) is 9.87. The predicted octanol–water partition coefficient (Wildman–Crippen LogP) is 4.68. The Morgan fingerprint density at radius 3 is 2.56 bits per heavy atom. The molecule has 0 atom stereocenters. The second-order valence-corrected chi connectivity index (χ2v) is 7.61. The van der Waals surface area contributed by atoms with E-state index in [1.807, 2.05) is 11.8 Å². The predicted molar refractivity (Wildman–Crippen MR) is 101 cm³/mol. The van der Waals surface area contributed by atoms with Crippen LogP contribution in [0.5, 0.6) is 0 Å². The van der Waals surface area contributed by atoms with Crippen molar-refractivity contribution in [2.45, 2.75) is 45.2 Å². The molecule has 3 nitrogen and oxygen atoms in total. The number of piperidine rings is 1. The van der Waals surface area contributed by atoms with Gasteiger partial charge >= 0.3 is 0 Å². The Morgan fingerprint density at radius 1 is 1.24 bits per heavy atom. The number of anilines is 1. The molecule has 0 bridgehead atoms. The van der Waals surface area contributed by atoms with Gasteiger partial charge in [0.1, 0.15) is 5.82 Å². The van der Waals surface area contributed by atoms with Crippen LogP contribution >= 0.6 is 11.3 Å². The summed E-state index contributed by atoms with van der Waals surface area (Å²) in [6.07, 6.45) is 3.27. The van der Waals surface area contributed by atoms with Gasteiger partial charge in [-0.2, -0.15) is 0 Å². The fourth-order valence-corrected chi connectivity index (χ4v) is 4.20. The molecule has 0 unspecified atom stereocenters. The lowest BCUT2D eigenvalue weighted by Gasteiger charge is -2.38. The summed E-state index contributed by atoms with van der Waals surface area (Å²) in [6.45, 7) is 4.98. The van der Waals surface area contributed by atoms with E-state index >= 15 is 0 Å². The summed E-state index contributed by atoms with van der Waals surface area (Å²) in [4.78, 5) is 18.4. The number of thiophene rings is 1. The van der Waals surface area contributed by atoms with E-state index in [1.165, 1.54) is 17.0 Å². The van der Waals surface area contributed by atoms with Crippen molar-refractivity contribution in [3.05, 3.63) is 52.5 Å². The zero-order chi connectivity index (χ0) is 17.6. The van der Waals surface area contributed by atoms with E-state index in [9.17, 15) is 9.18 Å². The van der Waals surface area contributed by atoms with Crippen molar-refractivity contribution in [3.63, 3.8) is 0 Å². The molecule has 1 aromatic heterocycles. The van der Waals surface area contributed by atoms with Crippen LogP contribution in [0, 0.1) is 5.82 Å². The van der Waals surface area contributed by atoms with Crippen LogP contribution in [0.1, 0.15) is 37.5 Å². The molecule has 1 aromatic carbocycles. The Kier molecular flexibility index (Phi) is 6.21. The van der Waals surface area contributed by atoms with Crippen molar-refractivity contribution in [2.75, 3.05) is 18.0 Å². The molecule has 0 N–H and O–H groups in total. The normalized spacial score (nSPS) is 16.1. The van der Waals surface area contributed by atoms with E-state index in [1.54, 1.807) is 23.5 Å². The van der Waals surface area contributed by atoms with E-state index in [2.05, 4.69) is 22.4 Å². The average molecular weight is 360 g/mol. The van der Waals surface area contributed by atoms with E-state index in [4.69, 9.17) is 0 Å². The van der Waals surface area contributed by atoms with Gasteiger partial charge in [-0.05, 0) is 55.0 Å². The van der Waals surface area contributed by atoms with Crippen LogP contribution < -0.4 is 4.90 Å². The number of nitrogens with zero attached hydrogens (tertiary/aromatic N) is 2. The summed E-state index contributed by atoms with van der Waals surface area (Å²) in [6, 6.07) is 10.8. The lowest BCUT2D eigenvalue weighted by atomic mass is 10.0. The maximum Gasteiger partial charge on any atom is 0.227 e. The molecule has 2 heterocycles. The van der Waals surface area contributed by atoms with Gasteiger partial charge in [0.15, 0.2) is 0 Å². The van der Waals surface area contributed by atoms with Gasteiger partial charge in [0, 0.05) is 42.7 Å². The zero-order valence-corrected chi connectivity index (χ0v) is 15.5. The topological polar surface area (TPSA) is 23.6 Å². The number of likely N-dealkylation sites (tertiary alicyclic amines) is 1. The minimum atomic E-state index is -0.266. The van der Waals surface area contributed by atoms with Crippen molar-refractivity contribution >= 4 is 22.9 Å². The molecule has 1 saturated heterocycles. The van der Waals surface area contributed by atoms with Crippen molar-refractivity contribution in [3.8, 4) is 0 Å². The molecule has 2 aromatic rings. The van der Waals surface area contributed by atoms with E-state index in [0.29, 0.717) is 6.42 Å². The second-order valence-electron chi connectivity index (χ2n) is 6.58.